The van der Waals surface area contributed by atoms with E-state index in [1.807, 2.05) is 0 Å². The number of carbonyl (C=O) groups excluding carboxylic acids is 1. The zero-order valence-corrected chi connectivity index (χ0v) is 20.9. The molecule has 1 fully saturated rings. The number of halogens is 3. The first-order chi connectivity index (χ1) is 18.0. The number of carboxylic acid groups (broad SMARTS) is 1. The van der Waals surface area contributed by atoms with Gasteiger partial charge in [0.2, 0.25) is 0 Å². The molecular formula is C23H27F3N8O4. The summed E-state index contributed by atoms with van der Waals surface area (Å²) in [5, 5.41) is 22.2. The lowest BCUT2D eigenvalue weighted by Crippen LogP contribution is -2.49. The van der Waals surface area contributed by atoms with E-state index in [4.69, 9.17) is 14.6 Å². The molecule has 0 bridgehead atoms. The molecule has 38 heavy (non-hydrogen) atoms. The van der Waals surface area contributed by atoms with E-state index in [2.05, 4.69) is 43.7 Å². The number of piperazine rings is 1. The number of urea groups is 1. The number of hydrogen-bond donors (Lipinski definition) is 3. The number of pyridine rings is 1. The highest BCUT2D eigenvalue weighted by Gasteiger charge is 2.38. The number of alkyl halides is 3. The molecule has 0 aliphatic carbocycles. The molecule has 2 aliphatic rings. The average Bonchev–Trinajstić information content (AvgIpc) is 3.45. The summed E-state index contributed by atoms with van der Waals surface area (Å²) in [5.74, 6) is -1.49. The van der Waals surface area contributed by atoms with Crippen molar-refractivity contribution in [2.24, 2.45) is 7.05 Å². The number of rotatable bonds is 3. The van der Waals surface area contributed by atoms with Crippen molar-refractivity contribution in [2.75, 3.05) is 48.4 Å². The molecule has 5 rings (SSSR count). The van der Waals surface area contributed by atoms with Crippen molar-refractivity contribution in [3.05, 3.63) is 30.0 Å². The van der Waals surface area contributed by atoms with Gasteiger partial charge < -0.3 is 25.4 Å². The van der Waals surface area contributed by atoms with Gasteiger partial charge in [-0.05, 0) is 25.5 Å². The second-order valence-electron chi connectivity index (χ2n) is 8.80. The van der Waals surface area contributed by atoms with Crippen molar-refractivity contribution in [1.29, 1.82) is 0 Å². The minimum atomic E-state index is -5.08. The van der Waals surface area contributed by atoms with Crippen LogP contribution in [0, 0.1) is 0 Å². The minimum absolute atomic E-state index is 0.237. The topological polar surface area (TPSA) is 138 Å². The molecule has 204 valence electrons. The Labute approximate surface area is 215 Å². The number of benzene rings is 1. The van der Waals surface area contributed by atoms with Crippen LogP contribution in [0.15, 0.2) is 24.4 Å². The van der Waals surface area contributed by atoms with E-state index in [0.717, 1.165) is 37.4 Å². The molecule has 0 unspecified atom stereocenters. The fourth-order valence-electron chi connectivity index (χ4n) is 4.42. The van der Waals surface area contributed by atoms with Crippen LogP contribution < -0.4 is 25.2 Å². The van der Waals surface area contributed by atoms with Gasteiger partial charge in [-0.15, -0.1) is 0 Å². The molecule has 2 amide bonds. The van der Waals surface area contributed by atoms with Crippen LogP contribution in [0.1, 0.15) is 12.5 Å². The Balaban J connectivity index is 0.000000426. The van der Waals surface area contributed by atoms with Gasteiger partial charge in [-0.3, -0.25) is 4.90 Å². The zero-order valence-electron chi connectivity index (χ0n) is 20.9. The Morgan fingerprint density at radius 1 is 1.21 bits per heavy atom. The Hall–Kier alpha value is -4.14. The number of hydrogen-bond acceptors (Lipinski definition) is 8. The van der Waals surface area contributed by atoms with Crippen molar-refractivity contribution in [3.63, 3.8) is 0 Å². The van der Waals surface area contributed by atoms with E-state index in [1.54, 1.807) is 37.4 Å². The quantitative estimate of drug-likeness (QED) is 0.461. The number of fused-ring (bicyclic) bond motifs is 2. The SMILES string of the molecule is COc1cc2nn(C)nc2cc1NC(=O)N1CCc2c(N3CCN[C@H](C)C3)ccnc21.O=C(O)C(F)(F)F. The van der Waals surface area contributed by atoms with Gasteiger partial charge >= 0.3 is 18.2 Å². The number of carboxylic acids is 1. The molecule has 0 saturated carbocycles. The smallest absolute Gasteiger partial charge is 0.490 e. The monoisotopic (exact) mass is 536 g/mol. The van der Waals surface area contributed by atoms with Gasteiger partial charge in [0.15, 0.2) is 0 Å². The molecule has 2 aliphatic heterocycles. The van der Waals surface area contributed by atoms with Gasteiger partial charge in [-0.2, -0.15) is 28.2 Å². The molecule has 4 heterocycles. The number of aryl methyl sites for hydroxylation is 1. The van der Waals surface area contributed by atoms with Crippen LogP contribution >= 0.6 is 0 Å². The van der Waals surface area contributed by atoms with E-state index in [9.17, 15) is 18.0 Å². The van der Waals surface area contributed by atoms with Crippen LogP contribution in [0.25, 0.3) is 11.0 Å². The molecular weight excluding hydrogens is 509 g/mol. The van der Waals surface area contributed by atoms with Crippen molar-refractivity contribution in [2.45, 2.75) is 25.6 Å². The molecule has 12 nitrogen and oxygen atoms in total. The number of methoxy groups -OCH3 is 1. The van der Waals surface area contributed by atoms with Crippen molar-refractivity contribution < 1.29 is 32.6 Å². The van der Waals surface area contributed by atoms with Gasteiger partial charge in [0.1, 0.15) is 22.6 Å². The summed E-state index contributed by atoms with van der Waals surface area (Å²) in [6.45, 7) is 5.62. The van der Waals surface area contributed by atoms with Crippen molar-refractivity contribution in [3.8, 4) is 5.75 Å². The van der Waals surface area contributed by atoms with Crippen LogP contribution in [0.3, 0.4) is 0 Å². The lowest BCUT2D eigenvalue weighted by atomic mass is 10.1. The number of aromatic nitrogens is 4. The predicted octanol–water partition coefficient (Wildman–Crippen LogP) is 2.40. The molecule has 15 heteroatoms. The molecule has 1 saturated heterocycles. The summed E-state index contributed by atoms with van der Waals surface area (Å²) >= 11 is 0. The lowest BCUT2D eigenvalue weighted by Gasteiger charge is -2.34. The molecule has 3 aromatic rings. The molecule has 3 N–H and O–H groups in total. The van der Waals surface area contributed by atoms with E-state index >= 15 is 0 Å². The van der Waals surface area contributed by atoms with Crippen LogP contribution in [0.5, 0.6) is 5.75 Å². The summed E-state index contributed by atoms with van der Waals surface area (Å²) < 4.78 is 37.2. The first-order valence-corrected chi connectivity index (χ1v) is 11.7. The Bertz CT molecular complexity index is 1350. The highest BCUT2D eigenvalue weighted by atomic mass is 19.4. The number of amides is 2. The van der Waals surface area contributed by atoms with Crippen LogP contribution in [-0.2, 0) is 18.3 Å². The summed E-state index contributed by atoms with van der Waals surface area (Å²) in [5.41, 5.74) is 4.26. The van der Waals surface area contributed by atoms with Gasteiger partial charge in [-0.25, -0.2) is 14.6 Å². The third kappa shape index (κ3) is 5.72. The van der Waals surface area contributed by atoms with Gasteiger partial charge in [0.25, 0.3) is 0 Å². The Morgan fingerprint density at radius 3 is 2.53 bits per heavy atom. The standard InChI is InChI=1S/C21H26N8O2.C2HF3O2/c1-13-12-28(9-7-22-13)18-4-6-23-20-14(18)5-8-29(20)21(30)24-17-10-15-16(11-19(17)31-3)26-27(2)25-15;3-2(4,5)1(6)7/h4,6,10-11,13,22H,5,7-9,12H2,1-3H3,(H,24,30);(H,6,7)/t13-;/m1./s1. The van der Waals surface area contributed by atoms with Crippen LogP contribution in [0.4, 0.5) is 35.2 Å². The third-order valence-electron chi connectivity index (χ3n) is 6.09. The van der Waals surface area contributed by atoms with Gasteiger partial charge in [0.05, 0.1) is 12.8 Å². The second-order valence-corrected chi connectivity index (χ2v) is 8.80. The number of carbonyl (C=O) groups is 2. The maximum absolute atomic E-state index is 13.2. The largest absolute Gasteiger partial charge is 0.494 e. The number of aliphatic carboxylic acids is 1. The summed E-state index contributed by atoms with van der Waals surface area (Å²) in [7, 11) is 3.33. The number of nitrogens with zero attached hydrogens (tertiary/aromatic N) is 6. The predicted molar refractivity (Wildman–Crippen MR) is 133 cm³/mol. The first kappa shape index (κ1) is 26.9. The number of anilines is 3. The maximum Gasteiger partial charge on any atom is 0.490 e. The number of ether oxygens (including phenoxy) is 1. The molecule has 0 radical (unpaired) electrons. The average molecular weight is 537 g/mol. The highest BCUT2D eigenvalue weighted by molar-refractivity contribution is 6.04. The van der Waals surface area contributed by atoms with Gasteiger partial charge in [0, 0.05) is 62.8 Å². The molecule has 1 atom stereocenters. The third-order valence-corrected chi connectivity index (χ3v) is 6.09. The van der Waals surface area contributed by atoms with E-state index in [-0.39, 0.29) is 6.03 Å². The molecule has 1 aromatic carbocycles. The lowest BCUT2D eigenvalue weighted by molar-refractivity contribution is -0.192. The fraction of sp³-hybridized carbons (Fsp3) is 0.435. The number of nitrogens with one attached hydrogen (secondary N) is 2. The zero-order chi connectivity index (χ0) is 27.6. The summed E-state index contributed by atoms with van der Waals surface area (Å²) in [6.07, 6.45) is -2.51. The van der Waals surface area contributed by atoms with E-state index in [0.29, 0.717) is 35.1 Å². The van der Waals surface area contributed by atoms with Crippen molar-refractivity contribution in [1.82, 2.24) is 25.3 Å². The minimum Gasteiger partial charge on any atom is -0.494 e. The Morgan fingerprint density at radius 2 is 1.89 bits per heavy atom. The Kier molecular flexibility index (Phi) is 7.57. The first-order valence-electron chi connectivity index (χ1n) is 11.7. The van der Waals surface area contributed by atoms with Crippen LogP contribution in [0.2, 0.25) is 0 Å². The highest BCUT2D eigenvalue weighted by Crippen LogP contribution is 2.35. The normalized spacial score (nSPS) is 17.1. The second kappa shape index (κ2) is 10.7. The van der Waals surface area contributed by atoms with E-state index in [1.165, 1.54) is 10.5 Å². The fourth-order valence-corrected chi connectivity index (χ4v) is 4.42. The summed E-state index contributed by atoms with van der Waals surface area (Å²) in [6, 6.07) is 5.81. The molecule has 0 spiro atoms. The van der Waals surface area contributed by atoms with Crippen molar-refractivity contribution >= 4 is 40.2 Å². The maximum atomic E-state index is 13.2. The van der Waals surface area contributed by atoms with Crippen LogP contribution in [-0.4, -0.2) is 82.6 Å². The molecule has 2 aromatic heterocycles. The van der Waals surface area contributed by atoms with E-state index < -0.39 is 12.1 Å². The van der Waals surface area contributed by atoms with Gasteiger partial charge in [-0.1, -0.05) is 0 Å². The summed E-state index contributed by atoms with van der Waals surface area (Å²) in [4.78, 5) is 32.2.